The van der Waals surface area contributed by atoms with E-state index in [0.717, 1.165) is 51.5 Å². The summed E-state index contributed by atoms with van der Waals surface area (Å²) in [6.45, 7) is 3.01. The number of amides is 1. The number of aryl methyl sites for hydroxylation is 1. The van der Waals surface area contributed by atoms with Crippen molar-refractivity contribution in [3.05, 3.63) is 43.0 Å². The predicted octanol–water partition coefficient (Wildman–Crippen LogP) is 2.53. The van der Waals surface area contributed by atoms with Crippen LogP contribution in [0.15, 0.2) is 43.0 Å². The molecule has 0 radical (unpaired) electrons. The minimum absolute atomic E-state index is 0.0326. The molecule has 0 saturated carbocycles. The molecule has 4 aromatic rings. The molecule has 0 aliphatic carbocycles. The van der Waals surface area contributed by atoms with Crippen molar-refractivity contribution in [2.75, 3.05) is 50.1 Å². The second-order valence-electron chi connectivity index (χ2n) is 7.75. The van der Waals surface area contributed by atoms with Crippen molar-refractivity contribution < 1.29 is 9.53 Å². The number of anilines is 3. The third kappa shape index (κ3) is 4.50. The molecule has 11 heteroatoms. The smallest absolute Gasteiger partial charge is 0.248 e. The van der Waals surface area contributed by atoms with Gasteiger partial charge in [-0.15, -0.1) is 0 Å². The molecule has 0 aromatic carbocycles. The number of carbonyl (C=O) groups excluding carboxylic acids is 1. The Hall–Kier alpha value is -3.57. The summed E-state index contributed by atoms with van der Waals surface area (Å²) >= 11 is 1.49. The van der Waals surface area contributed by atoms with Gasteiger partial charge in [0.25, 0.3) is 0 Å². The molecule has 1 N–H and O–H groups in total. The van der Waals surface area contributed by atoms with Gasteiger partial charge in [0, 0.05) is 58.3 Å². The van der Waals surface area contributed by atoms with Crippen LogP contribution in [0, 0.1) is 0 Å². The lowest BCUT2D eigenvalue weighted by molar-refractivity contribution is -0.135. The number of carbonyl (C=O) groups is 1. The zero-order valence-electron chi connectivity index (χ0n) is 18.4. The van der Waals surface area contributed by atoms with E-state index in [1.165, 1.54) is 11.3 Å². The van der Waals surface area contributed by atoms with Crippen molar-refractivity contribution in [3.8, 4) is 11.4 Å². The van der Waals surface area contributed by atoms with Crippen molar-refractivity contribution in [1.82, 2.24) is 29.4 Å². The van der Waals surface area contributed by atoms with Crippen LogP contribution < -0.4 is 10.2 Å². The first-order valence-corrected chi connectivity index (χ1v) is 11.4. The van der Waals surface area contributed by atoms with Gasteiger partial charge in [0.15, 0.2) is 5.13 Å². The molecule has 1 aliphatic heterocycles. The Labute approximate surface area is 194 Å². The number of rotatable bonds is 6. The monoisotopic (exact) mass is 464 g/mol. The lowest BCUT2D eigenvalue weighted by atomic mass is 10.2. The Morgan fingerprint density at radius 3 is 2.79 bits per heavy atom. The highest BCUT2D eigenvalue weighted by Crippen LogP contribution is 2.30. The number of ether oxygens (including phenoxy) is 1. The number of methoxy groups -OCH3 is 1. The summed E-state index contributed by atoms with van der Waals surface area (Å²) < 4.78 is 6.90. The summed E-state index contributed by atoms with van der Waals surface area (Å²) in [7, 11) is 3.49. The number of pyridine rings is 2. The molecule has 4 aromatic heterocycles. The first kappa shape index (κ1) is 21.3. The zero-order chi connectivity index (χ0) is 22.8. The largest absolute Gasteiger partial charge is 0.375 e. The second kappa shape index (κ2) is 9.12. The molecule has 5 rings (SSSR count). The van der Waals surface area contributed by atoms with E-state index in [4.69, 9.17) is 9.72 Å². The summed E-state index contributed by atoms with van der Waals surface area (Å²) in [5.41, 5.74) is 3.71. The molecule has 0 spiro atoms. The van der Waals surface area contributed by atoms with E-state index in [2.05, 4.69) is 25.2 Å². The fourth-order valence-corrected chi connectivity index (χ4v) is 4.69. The topological polar surface area (TPSA) is 101 Å². The van der Waals surface area contributed by atoms with Gasteiger partial charge in [-0.25, -0.2) is 19.9 Å². The molecule has 10 nitrogen and oxygen atoms in total. The summed E-state index contributed by atoms with van der Waals surface area (Å²) in [5.74, 6) is 0.751. The van der Waals surface area contributed by atoms with E-state index in [1.807, 2.05) is 40.8 Å². The highest BCUT2D eigenvalue weighted by molar-refractivity contribution is 7.21. The summed E-state index contributed by atoms with van der Waals surface area (Å²) in [5, 5.41) is 4.05. The number of hydrogen-bond acceptors (Lipinski definition) is 9. The number of aromatic nitrogens is 5. The SMILES string of the molecule is COCC(=O)N1CCN(c2ccnc(Nc3nc4ccc(-c5cncn5C)nc4s3)c2)CC1. The number of nitrogens with one attached hydrogen (secondary N) is 1. The van der Waals surface area contributed by atoms with Gasteiger partial charge in [-0.2, -0.15) is 0 Å². The normalized spacial score (nSPS) is 14.1. The van der Waals surface area contributed by atoms with E-state index in [1.54, 1.807) is 25.8 Å². The van der Waals surface area contributed by atoms with E-state index in [9.17, 15) is 4.79 Å². The van der Waals surface area contributed by atoms with E-state index in [0.29, 0.717) is 13.1 Å². The third-order valence-corrected chi connectivity index (χ3v) is 6.46. The molecule has 0 atom stereocenters. The first-order valence-electron chi connectivity index (χ1n) is 10.6. The molecular formula is C22H24N8O2S. The first-order chi connectivity index (χ1) is 16.1. The number of imidazole rings is 1. The van der Waals surface area contributed by atoms with Gasteiger partial charge in [-0.1, -0.05) is 11.3 Å². The minimum Gasteiger partial charge on any atom is -0.375 e. The minimum atomic E-state index is 0.0326. The Morgan fingerprint density at radius 2 is 2.03 bits per heavy atom. The second-order valence-corrected chi connectivity index (χ2v) is 8.73. The van der Waals surface area contributed by atoms with E-state index in [-0.39, 0.29) is 12.5 Å². The molecule has 1 aliphatic rings. The fourth-order valence-electron chi connectivity index (χ4n) is 3.84. The molecular weight excluding hydrogens is 440 g/mol. The average molecular weight is 465 g/mol. The Balaban J connectivity index is 1.29. The summed E-state index contributed by atoms with van der Waals surface area (Å²) in [4.78, 5) is 35.0. The molecule has 1 fully saturated rings. The van der Waals surface area contributed by atoms with Crippen molar-refractivity contribution in [2.24, 2.45) is 7.05 Å². The maximum absolute atomic E-state index is 12.0. The summed E-state index contributed by atoms with van der Waals surface area (Å²) in [6.07, 6.45) is 5.35. The van der Waals surface area contributed by atoms with Crippen LogP contribution in [-0.2, 0) is 16.6 Å². The maximum atomic E-state index is 12.0. The highest BCUT2D eigenvalue weighted by atomic mass is 32.1. The van der Waals surface area contributed by atoms with Crippen molar-refractivity contribution >= 4 is 44.2 Å². The Morgan fingerprint density at radius 1 is 1.18 bits per heavy atom. The molecule has 5 heterocycles. The van der Waals surface area contributed by atoms with Crippen LogP contribution in [0.2, 0.25) is 0 Å². The molecule has 0 unspecified atom stereocenters. The third-order valence-electron chi connectivity index (χ3n) is 5.58. The number of nitrogens with zero attached hydrogens (tertiary/aromatic N) is 7. The average Bonchev–Trinajstić information content (AvgIpc) is 3.44. The predicted molar refractivity (Wildman–Crippen MR) is 128 cm³/mol. The van der Waals surface area contributed by atoms with Crippen molar-refractivity contribution in [1.29, 1.82) is 0 Å². The van der Waals surface area contributed by atoms with Crippen LogP contribution in [0.3, 0.4) is 0 Å². The fraction of sp³-hybridized carbons (Fsp3) is 0.318. The van der Waals surface area contributed by atoms with Gasteiger partial charge in [0.05, 0.1) is 23.9 Å². The van der Waals surface area contributed by atoms with Crippen molar-refractivity contribution in [2.45, 2.75) is 0 Å². The van der Waals surface area contributed by atoms with Crippen LogP contribution >= 0.6 is 11.3 Å². The van der Waals surface area contributed by atoms with Crippen LogP contribution in [0.1, 0.15) is 0 Å². The van der Waals surface area contributed by atoms with Gasteiger partial charge in [-0.3, -0.25) is 4.79 Å². The lowest BCUT2D eigenvalue weighted by Crippen LogP contribution is -2.49. The van der Waals surface area contributed by atoms with Gasteiger partial charge in [0.1, 0.15) is 22.8 Å². The van der Waals surface area contributed by atoms with Crippen LogP contribution in [0.5, 0.6) is 0 Å². The molecule has 1 amide bonds. The number of thiazole rings is 1. The Bertz CT molecular complexity index is 1280. The van der Waals surface area contributed by atoms with Crippen LogP contribution in [0.4, 0.5) is 16.6 Å². The highest BCUT2D eigenvalue weighted by Gasteiger charge is 2.21. The quantitative estimate of drug-likeness (QED) is 0.465. The number of hydrogen-bond donors (Lipinski definition) is 1. The van der Waals surface area contributed by atoms with Gasteiger partial charge in [-0.05, 0) is 18.2 Å². The zero-order valence-corrected chi connectivity index (χ0v) is 19.2. The van der Waals surface area contributed by atoms with Crippen molar-refractivity contribution in [3.63, 3.8) is 0 Å². The van der Waals surface area contributed by atoms with Gasteiger partial charge >= 0.3 is 0 Å². The molecule has 33 heavy (non-hydrogen) atoms. The summed E-state index contributed by atoms with van der Waals surface area (Å²) in [6, 6.07) is 7.92. The molecule has 170 valence electrons. The van der Waals surface area contributed by atoms with E-state index >= 15 is 0 Å². The van der Waals surface area contributed by atoms with E-state index < -0.39 is 0 Å². The van der Waals surface area contributed by atoms with Gasteiger partial charge < -0.3 is 24.4 Å². The van der Waals surface area contributed by atoms with Gasteiger partial charge in [0.2, 0.25) is 5.91 Å². The lowest BCUT2D eigenvalue weighted by Gasteiger charge is -2.36. The standard InChI is InChI=1S/C22H24N8O2S/c1-28-14-23-12-18(28)16-3-4-17-21(25-16)33-22(26-17)27-19-11-15(5-6-24-19)29-7-9-30(10-8-29)20(31)13-32-2/h3-6,11-12,14H,7-10,13H2,1-2H3,(H,24,26,27). The Kier molecular flexibility index (Phi) is 5.88. The number of piperazine rings is 1. The van der Waals surface area contributed by atoms with Crippen LogP contribution in [-0.4, -0.2) is 75.2 Å². The van der Waals surface area contributed by atoms with Crippen LogP contribution in [0.25, 0.3) is 21.7 Å². The number of fused-ring (bicyclic) bond motifs is 1. The molecule has 1 saturated heterocycles. The molecule has 0 bridgehead atoms. The maximum Gasteiger partial charge on any atom is 0.248 e.